The van der Waals surface area contributed by atoms with Crippen LogP contribution >= 0.6 is 0 Å². The summed E-state index contributed by atoms with van der Waals surface area (Å²) in [4.78, 5) is 30.9. The van der Waals surface area contributed by atoms with Crippen LogP contribution in [0.25, 0.3) is 0 Å². The average molecular weight is 385 g/mol. The van der Waals surface area contributed by atoms with Gasteiger partial charge in [0, 0.05) is 62.7 Å². The number of urea groups is 1. The van der Waals surface area contributed by atoms with Crippen molar-refractivity contribution < 1.29 is 9.59 Å². The van der Waals surface area contributed by atoms with Crippen LogP contribution < -0.4 is 10.2 Å². The molecule has 4 rings (SSSR count). The Morgan fingerprint density at radius 1 is 1.18 bits per heavy atom. The van der Waals surface area contributed by atoms with E-state index in [9.17, 15) is 9.59 Å². The van der Waals surface area contributed by atoms with Gasteiger partial charge in [-0.25, -0.2) is 4.79 Å². The summed E-state index contributed by atoms with van der Waals surface area (Å²) in [6, 6.07) is 7.09. The molecule has 6 nitrogen and oxygen atoms in total. The molecule has 0 radical (unpaired) electrons. The van der Waals surface area contributed by atoms with Gasteiger partial charge in [0.05, 0.1) is 0 Å². The zero-order valence-corrected chi connectivity index (χ0v) is 17.4. The molecule has 1 fully saturated rings. The summed E-state index contributed by atoms with van der Waals surface area (Å²) in [5.41, 5.74) is 3.87. The molecule has 28 heavy (non-hydrogen) atoms. The number of nitrogens with one attached hydrogen (secondary N) is 1. The van der Waals surface area contributed by atoms with Crippen LogP contribution in [0.15, 0.2) is 18.2 Å². The Morgan fingerprint density at radius 2 is 1.93 bits per heavy atom. The van der Waals surface area contributed by atoms with E-state index < -0.39 is 0 Å². The number of amides is 3. The van der Waals surface area contributed by atoms with E-state index in [-0.39, 0.29) is 18.0 Å². The van der Waals surface area contributed by atoms with Crippen LogP contribution in [0.5, 0.6) is 0 Å². The van der Waals surface area contributed by atoms with E-state index in [0.29, 0.717) is 17.9 Å². The fourth-order valence-corrected chi connectivity index (χ4v) is 5.65. The number of likely N-dealkylation sites (tertiary alicyclic amines) is 1. The lowest BCUT2D eigenvalue weighted by molar-refractivity contribution is -0.116. The normalized spacial score (nSPS) is 28.5. The van der Waals surface area contributed by atoms with Gasteiger partial charge in [-0.1, -0.05) is 12.1 Å². The van der Waals surface area contributed by atoms with Crippen molar-refractivity contribution in [1.29, 1.82) is 0 Å². The van der Waals surface area contributed by atoms with Crippen LogP contribution in [0, 0.1) is 0 Å². The Kier molecular flexibility index (Phi) is 5.08. The van der Waals surface area contributed by atoms with Crippen LogP contribution in [0.1, 0.15) is 56.6 Å². The third-order valence-electron chi connectivity index (χ3n) is 6.98. The summed E-state index contributed by atoms with van der Waals surface area (Å²) in [6.45, 7) is 8.84. The van der Waals surface area contributed by atoms with Crippen molar-refractivity contribution in [3.05, 3.63) is 29.3 Å². The minimum absolute atomic E-state index is 0.0385. The Morgan fingerprint density at radius 3 is 2.61 bits per heavy atom. The number of carbonyl (C=O) groups excluding carboxylic acids is 2. The highest BCUT2D eigenvalue weighted by Crippen LogP contribution is 2.51. The number of hydrogen-bond donors (Lipinski definition) is 1. The smallest absolute Gasteiger partial charge is 0.317 e. The van der Waals surface area contributed by atoms with Crippen LogP contribution in [-0.2, 0) is 4.79 Å². The Labute approximate surface area is 167 Å². The standard InChI is InChI=1S/C22H32N4O2/c1-5-25(6-2)22(28)23-16-11-18-17-8-7-9-19-21(17)15(12-26(19)14(3)27)10-20(18)24(4)13-16/h7-9,15-16,18,20H,5-6,10-13H2,1-4H3,(H,23,28)/t15-,16-,18+,20+/m0/s1. The first-order chi connectivity index (χ1) is 13.4. The predicted molar refractivity (Wildman–Crippen MR) is 111 cm³/mol. The van der Waals surface area contributed by atoms with E-state index in [1.165, 1.54) is 11.1 Å². The summed E-state index contributed by atoms with van der Waals surface area (Å²) in [7, 11) is 2.18. The summed E-state index contributed by atoms with van der Waals surface area (Å²) in [5.74, 6) is 0.961. The average Bonchev–Trinajstić information content (AvgIpc) is 3.04. The Bertz CT molecular complexity index is 776. The van der Waals surface area contributed by atoms with Gasteiger partial charge in [0.2, 0.25) is 5.91 Å². The molecule has 3 amide bonds. The van der Waals surface area contributed by atoms with Gasteiger partial charge in [-0.05, 0) is 50.9 Å². The van der Waals surface area contributed by atoms with Gasteiger partial charge in [0.25, 0.3) is 0 Å². The number of fused-ring (bicyclic) bond motifs is 2. The van der Waals surface area contributed by atoms with Gasteiger partial charge in [-0.2, -0.15) is 0 Å². The molecule has 0 spiro atoms. The highest BCUT2D eigenvalue weighted by Gasteiger charge is 2.46. The zero-order valence-electron chi connectivity index (χ0n) is 17.4. The fourth-order valence-electron chi connectivity index (χ4n) is 5.65. The SMILES string of the molecule is CCN(CC)C(=O)N[C@H]1C[C@@H]2c3cccc4c3[C@@H](C[C@H]2N(C)C1)CN4C(C)=O. The quantitative estimate of drug-likeness (QED) is 0.872. The lowest BCUT2D eigenvalue weighted by Crippen LogP contribution is -2.56. The first-order valence-electron chi connectivity index (χ1n) is 10.6. The van der Waals surface area contributed by atoms with E-state index in [2.05, 4.69) is 35.5 Å². The van der Waals surface area contributed by atoms with E-state index in [0.717, 1.165) is 44.7 Å². The second kappa shape index (κ2) is 7.39. The van der Waals surface area contributed by atoms with Gasteiger partial charge in [-0.3, -0.25) is 4.79 Å². The van der Waals surface area contributed by atoms with Crippen molar-refractivity contribution >= 4 is 17.6 Å². The largest absolute Gasteiger partial charge is 0.334 e. The van der Waals surface area contributed by atoms with E-state index in [1.54, 1.807) is 6.92 Å². The Balaban J connectivity index is 1.60. The lowest BCUT2D eigenvalue weighted by atomic mass is 9.70. The molecule has 3 aliphatic rings. The summed E-state index contributed by atoms with van der Waals surface area (Å²) >= 11 is 0. The number of hydrogen-bond acceptors (Lipinski definition) is 3. The summed E-state index contributed by atoms with van der Waals surface area (Å²) in [5, 5.41) is 3.26. The number of anilines is 1. The van der Waals surface area contributed by atoms with Crippen molar-refractivity contribution in [3.63, 3.8) is 0 Å². The van der Waals surface area contributed by atoms with Crippen molar-refractivity contribution in [2.75, 3.05) is 38.1 Å². The molecule has 1 saturated heterocycles. The predicted octanol–water partition coefficient (Wildman–Crippen LogP) is 2.75. The van der Waals surface area contributed by atoms with Gasteiger partial charge in [0.15, 0.2) is 0 Å². The monoisotopic (exact) mass is 384 g/mol. The molecule has 0 aromatic heterocycles. The fraction of sp³-hybridized carbons (Fsp3) is 0.636. The van der Waals surface area contributed by atoms with Crippen molar-refractivity contribution in [2.45, 2.75) is 57.5 Å². The number of nitrogens with zero attached hydrogens (tertiary/aromatic N) is 3. The van der Waals surface area contributed by atoms with Gasteiger partial charge < -0.3 is 20.0 Å². The first kappa shape index (κ1) is 19.2. The number of benzene rings is 1. The van der Waals surface area contributed by atoms with E-state index in [4.69, 9.17) is 0 Å². The molecular formula is C22H32N4O2. The second-order valence-corrected chi connectivity index (χ2v) is 8.51. The van der Waals surface area contributed by atoms with Crippen molar-refractivity contribution in [3.8, 4) is 0 Å². The van der Waals surface area contributed by atoms with Crippen molar-refractivity contribution in [2.24, 2.45) is 0 Å². The topological polar surface area (TPSA) is 55.9 Å². The molecule has 2 aliphatic heterocycles. The maximum Gasteiger partial charge on any atom is 0.317 e. The molecule has 0 bridgehead atoms. The molecular weight excluding hydrogens is 352 g/mol. The zero-order chi connectivity index (χ0) is 20.0. The number of rotatable bonds is 3. The molecule has 1 aromatic carbocycles. The molecule has 0 saturated carbocycles. The third kappa shape index (κ3) is 3.08. The number of piperidine rings is 1. The molecule has 6 heteroatoms. The molecule has 1 aliphatic carbocycles. The van der Waals surface area contributed by atoms with Crippen molar-refractivity contribution in [1.82, 2.24) is 15.1 Å². The van der Waals surface area contributed by atoms with Gasteiger partial charge in [0.1, 0.15) is 0 Å². The number of likely N-dealkylation sites (N-methyl/N-ethyl adjacent to an activating group) is 1. The summed E-state index contributed by atoms with van der Waals surface area (Å²) in [6.07, 6.45) is 2.05. The highest BCUT2D eigenvalue weighted by molar-refractivity contribution is 5.94. The Hall–Kier alpha value is -2.08. The minimum atomic E-state index is 0.0385. The van der Waals surface area contributed by atoms with E-state index >= 15 is 0 Å². The van der Waals surface area contributed by atoms with Crippen LogP contribution in [0.3, 0.4) is 0 Å². The van der Waals surface area contributed by atoms with Gasteiger partial charge >= 0.3 is 6.03 Å². The molecule has 0 unspecified atom stereocenters. The molecule has 4 atom stereocenters. The maximum absolute atomic E-state index is 12.6. The lowest BCUT2D eigenvalue weighted by Gasteiger charge is -2.47. The van der Waals surface area contributed by atoms with Crippen LogP contribution in [-0.4, -0.2) is 67.0 Å². The molecule has 152 valence electrons. The highest BCUT2D eigenvalue weighted by atomic mass is 16.2. The van der Waals surface area contributed by atoms with Crippen LogP contribution in [0.4, 0.5) is 10.5 Å². The molecule has 2 heterocycles. The first-order valence-corrected chi connectivity index (χ1v) is 10.6. The molecule has 1 N–H and O–H groups in total. The second-order valence-electron chi connectivity index (χ2n) is 8.51. The van der Waals surface area contributed by atoms with Gasteiger partial charge in [-0.15, -0.1) is 0 Å². The van der Waals surface area contributed by atoms with Crippen LogP contribution in [0.2, 0.25) is 0 Å². The number of carbonyl (C=O) groups is 2. The maximum atomic E-state index is 12.6. The minimum Gasteiger partial charge on any atom is -0.334 e. The summed E-state index contributed by atoms with van der Waals surface area (Å²) < 4.78 is 0. The third-order valence-corrected chi connectivity index (χ3v) is 6.98. The molecule has 1 aromatic rings. The van der Waals surface area contributed by atoms with E-state index in [1.807, 2.05) is 23.6 Å².